The first kappa shape index (κ1) is 98.4. The SMILES string of the molecule is CCCCCCCCCCC(C(CCCC)CCCCCC)C1(CCCCCCCCCCCC(CCCC)CCCCCC)c2cc3c(cc2-c2c1ccc1nsnc21)C(CCCCCCCCCCCC(CCCC)CCCCCC)(C(CCCCCCCCCC)C(CCCC)CCCCCC)c1ccc2nsnc2c1-3. The largest absolute Gasteiger partial charge is 0.173 e. The summed E-state index contributed by atoms with van der Waals surface area (Å²) >= 11 is 2.97. The molecule has 8 atom stereocenters. The van der Waals surface area contributed by atoms with Gasteiger partial charge < -0.3 is 0 Å². The number of nitrogens with zero attached hydrogens (tertiary/aromatic N) is 4. The van der Waals surface area contributed by atoms with E-state index in [0.717, 1.165) is 22.9 Å². The fraction of sp³-hybridized carbons (Fsp3) is 0.833. The maximum Gasteiger partial charge on any atom is 0.112 e. The second-order valence-corrected chi connectivity index (χ2v) is 39.6. The van der Waals surface area contributed by atoms with Gasteiger partial charge in [-0.05, 0) is 119 Å². The normalized spacial score (nSPS) is 16.8. The third-order valence-corrected chi connectivity index (χ3v) is 30.6. The van der Waals surface area contributed by atoms with Crippen molar-refractivity contribution in [3.63, 3.8) is 0 Å². The van der Waals surface area contributed by atoms with Gasteiger partial charge in [-0.25, -0.2) is 0 Å². The van der Waals surface area contributed by atoms with Crippen molar-refractivity contribution in [2.45, 2.75) is 542 Å². The van der Waals surface area contributed by atoms with Gasteiger partial charge in [0, 0.05) is 22.0 Å². The summed E-state index contributed by atoms with van der Waals surface area (Å²) < 4.78 is 21.6. The third kappa shape index (κ3) is 31.6. The van der Waals surface area contributed by atoms with Gasteiger partial charge in [-0.15, -0.1) is 0 Å². The Morgan fingerprint density at radius 2 is 0.456 bits per heavy atom. The van der Waals surface area contributed by atoms with E-state index in [4.69, 9.17) is 17.5 Å². The minimum atomic E-state index is -0.128. The van der Waals surface area contributed by atoms with E-state index in [2.05, 4.69) is 106 Å². The van der Waals surface area contributed by atoms with Gasteiger partial charge in [0.25, 0.3) is 0 Å². The molecule has 2 aliphatic carbocycles. The van der Waals surface area contributed by atoms with E-state index in [1.54, 1.807) is 33.4 Å². The summed E-state index contributed by atoms with van der Waals surface area (Å²) in [5.41, 5.74) is 17.2. The van der Waals surface area contributed by atoms with E-state index in [1.165, 1.54) is 508 Å². The van der Waals surface area contributed by atoms with Gasteiger partial charge >= 0.3 is 0 Å². The number of aromatic nitrogens is 4. The van der Waals surface area contributed by atoms with Crippen molar-refractivity contribution < 1.29 is 0 Å². The van der Waals surface area contributed by atoms with E-state index in [9.17, 15) is 0 Å². The van der Waals surface area contributed by atoms with Crippen LogP contribution in [0.15, 0.2) is 36.4 Å². The van der Waals surface area contributed by atoms with Crippen molar-refractivity contribution in [2.75, 3.05) is 0 Å². The Labute approximate surface area is 716 Å². The van der Waals surface area contributed by atoms with E-state index < -0.39 is 0 Å². The Morgan fingerprint density at radius 3 is 0.754 bits per heavy atom. The Balaban J connectivity index is 1.35. The summed E-state index contributed by atoms with van der Waals surface area (Å²) in [7, 11) is 0. The number of benzene rings is 3. The Bertz CT molecular complexity index is 2950. The molecule has 650 valence electrons. The lowest BCUT2D eigenvalue weighted by Gasteiger charge is -2.46. The summed E-state index contributed by atoms with van der Waals surface area (Å²) in [6, 6.07) is 16.4. The van der Waals surface area contributed by atoms with Crippen LogP contribution in [0.4, 0.5) is 0 Å². The van der Waals surface area contributed by atoms with E-state index in [0.29, 0.717) is 23.7 Å². The molecule has 0 bridgehead atoms. The molecule has 0 saturated carbocycles. The first-order valence-electron chi connectivity index (χ1n) is 52.0. The number of hydrogen-bond acceptors (Lipinski definition) is 6. The first-order valence-corrected chi connectivity index (χ1v) is 53.5. The number of rotatable bonds is 78. The predicted molar refractivity (Wildman–Crippen MR) is 511 cm³/mol. The summed E-state index contributed by atoms with van der Waals surface area (Å²) in [6.45, 7) is 24.1. The highest BCUT2D eigenvalue weighted by atomic mass is 32.1. The zero-order valence-corrected chi connectivity index (χ0v) is 79.1. The van der Waals surface area contributed by atoms with Crippen LogP contribution in [-0.4, -0.2) is 17.5 Å². The van der Waals surface area contributed by atoms with Crippen molar-refractivity contribution >= 4 is 45.5 Å². The Morgan fingerprint density at radius 1 is 0.228 bits per heavy atom. The molecule has 8 unspecified atom stereocenters. The molecule has 2 aromatic heterocycles. The molecule has 0 spiro atoms. The lowest BCUT2D eigenvalue weighted by Crippen LogP contribution is -2.40. The summed E-state index contributed by atoms with van der Waals surface area (Å²) in [5, 5.41) is 0. The monoisotopic (exact) mass is 1600 g/mol. The Kier molecular flexibility index (Phi) is 52.4. The molecule has 6 heteroatoms. The molecule has 2 heterocycles. The lowest BCUT2D eigenvalue weighted by molar-refractivity contribution is 0.160. The van der Waals surface area contributed by atoms with Crippen molar-refractivity contribution in [3.8, 4) is 22.3 Å². The molecule has 114 heavy (non-hydrogen) atoms. The number of fused-ring (bicyclic) bond motifs is 10. The van der Waals surface area contributed by atoms with E-state index >= 15 is 0 Å². The van der Waals surface area contributed by atoms with Crippen molar-refractivity contribution in [3.05, 3.63) is 58.7 Å². The molecule has 0 fully saturated rings. The molecule has 4 nitrogen and oxygen atoms in total. The summed E-state index contributed by atoms with van der Waals surface area (Å²) in [5.74, 6) is 4.39. The highest BCUT2D eigenvalue weighted by Gasteiger charge is 2.56. The molecule has 2 aliphatic rings. The highest BCUT2D eigenvalue weighted by Crippen LogP contribution is 2.66. The number of hydrogen-bond donors (Lipinski definition) is 0. The predicted octanol–water partition coefficient (Wildman–Crippen LogP) is 38.2. The smallest absolute Gasteiger partial charge is 0.112 e. The average Bonchev–Trinajstić information content (AvgIpc) is 1.51. The van der Waals surface area contributed by atoms with Gasteiger partial charge in [0.1, 0.15) is 22.1 Å². The molecular weight excluding hydrogens is 1420 g/mol. The van der Waals surface area contributed by atoms with Crippen LogP contribution >= 0.6 is 23.5 Å². The zero-order valence-electron chi connectivity index (χ0n) is 77.4. The second-order valence-electron chi connectivity index (χ2n) is 38.5. The summed E-state index contributed by atoms with van der Waals surface area (Å²) in [4.78, 5) is 0. The van der Waals surface area contributed by atoms with Gasteiger partial charge in [0.05, 0.1) is 23.5 Å². The van der Waals surface area contributed by atoms with Gasteiger partial charge in [-0.3, -0.25) is 0 Å². The fourth-order valence-corrected chi connectivity index (χ4v) is 24.0. The minimum absolute atomic E-state index is 0.128. The van der Waals surface area contributed by atoms with Crippen LogP contribution in [0, 0.1) is 35.5 Å². The quantitative estimate of drug-likeness (QED) is 0.0364. The molecule has 0 saturated heterocycles. The maximum atomic E-state index is 5.57. The third-order valence-electron chi connectivity index (χ3n) is 29.6. The molecule has 0 aliphatic heterocycles. The van der Waals surface area contributed by atoms with Crippen LogP contribution in [0.1, 0.15) is 554 Å². The van der Waals surface area contributed by atoms with Crippen molar-refractivity contribution in [1.82, 2.24) is 17.5 Å². The number of unbranched alkanes of at least 4 members (excludes halogenated alkanes) is 46. The molecule has 0 N–H and O–H groups in total. The molecule has 7 rings (SSSR count). The summed E-state index contributed by atoms with van der Waals surface area (Å²) in [6.07, 6.45) is 99.4. The molecule has 0 amide bonds. The standard InChI is InChI=1S/C108H186N4S2/c1-11-21-31-37-39-49-55-65-79-95(91(75-29-19-9)77-63-35-25-15-5)107(85-67-57-51-45-41-43-47-53-61-73-89(69-27-17-7)71-59-33-23-13-3)97-81-83-101-105(111-113-109-101)103(97)93-88-100-94(87-99(93)107)104-98(82-84-102-106(104)112-114-110-102)108(100,86-68-58-52-46-42-44-48-54-62-74-90(70-28-18-8)72-60-34-24-14-4)96(80-66-56-50-40-38-32-22-12-2)92(76-30-20-10)78-64-36-26-16-6/h81-84,87-92,95-96H,11-80,85-86H2,1-10H3. The van der Waals surface area contributed by atoms with Crippen LogP contribution in [0.2, 0.25) is 0 Å². The fourth-order valence-electron chi connectivity index (χ4n) is 22.9. The topological polar surface area (TPSA) is 51.6 Å². The van der Waals surface area contributed by atoms with Crippen LogP contribution in [0.3, 0.4) is 0 Å². The van der Waals surface area contributed by atoms with Gasteiger partial charge in [0.15, 0.2) is 0 Å². The van der Waals surface area contributed by atoms with Crippen LogP contribution < -0.4 is 0 Å². The van der Waals surface area contributed by atoms with Gasteiger partial charge in [0.2, 0.25) is 0 Å². The first-order chi connectivity index (χ1) is 56.3. The minimum Gasteiger partial charge on any atom is -0.173 e. The van der Waals surface area contributed by atoms with Gasteiger partial charge in [-0.2, -0.15) is 17.5 Å². The highest BCUT2D eigenvalue weighted by molar-refractivity contribution is 7.00. The Hall–Kier alpha value is -2.70. The molecular formula is C108H186N4S2. The van der Waals surface area contributed by atoms with Gasteiger partial charge in [-0.1, -0.05) is 518 Å². The van der Waals surface area contributed by atoms with Crippen LogP contribution in [0.5, 0.6) is 0 Å². The van der Waals surface area contributed by atoms with Crippen LogP contribution in [-0.2, 0) is 10.8 Å². The molecule has 0 radical (unpaired) electrons. The molecule has 3 aromatic carbocycles. The van der Waals surface area contributed by atoms with Crippen molar-refractivity contribution in [1.29, 1.82) is 0 Å². The van der Waals surface area contributed by atoms with E-state index in [-0.39, 0.29) is 10.8 Å². The second kappa shape index (κ2) is 60.7. The van der Waals surface area contributed by atoms with Crippen molar-refractivity contribution in [2.24, 2.45) is 35.5 Å². The average molecular weight is 1600 g/mol. The van der Waals surface area contributed by atoms with Crippen LogP contribution in [0.25, 0.3) is 44.3 Å². The molecule has 5 aromatic rings. The maximum absolute atomic E-state index is 5.57. The zero-order chi connectivity index (χ0) is 80.8. The lowest BCUT2D eigenvalue weighted by atomic mass is 9.57. The van der Waals surface area contributed by atoms with E-state index in [1.807, 2.05) is 0 Å².